The topological polar surface area (TPSA) is 51.0 Å². The van der Waals surface area contributed by atoms with Crippen molar-refractivity contribution in [3.05, 3.63) is 29.3 Å². The minimum absolute atomic E-state index is 0.179. The lowest BCUT2D eigenvalue weighted by Gasteiger charge is -2.21. The van der Waals surface area contributed by atoms with Crippen molar-refractivity contribution in [2.24, 2.45) is 7.05 Å². The molecule has 5 nitrogen and oxygen atoms in total. The van der Waals surface area contributed by atoms with Crippen molar-refractivity contribution in [3.63, 3.8) is 0 Å². The zero-order chi connectivity index (χ0) is 14.8. The van der Waals surface area contributed by atoms with Crippen LogP contribution in [0, 0.1) is 6.92 Å². The minimum atomic E-state index is 0.179. The van der Waals surface area contributed by atoms with Gasteiger partial charge < -0.3 is 9.47 Å². The Bertz CT molecular complexity index is 632. The van der Waals surface area contributed by atoms with Crippen LogP contribution in [0.15, 0.2) is 22.1 Å². The fourth-order valence-corrected chi connectivity index (χ4v) is 3.85. The third kappa shape index (κ3) is 3.65. The Morgan fingerprint density at radius 3 is 2.95 bits per heavy atom. The van der Waals surface area contributed by atoms with E-state index >= 15 is 0 Å². The maximum absolute atomic E-state index is 12.5. The van der Waals surface area contributed by atoms with Crippen LogP contribution in [0.1, 0.15) is 24.4 Å². The minimum Gasteiger partial charge on any atom is -0.337 e. The second-order valence-corrected chi connectivity index (χ2v) is 7.33. The number of nitrogens with zero attached hydrogens (tertiary/aromatic N) is 4. The van der Waals surface area contributed by atoms with Gasteiger partial charge in [-0.15, -0.1) is 11.3 Å². The van der Waals surface area contributed by atoms with Crippen LogP contribution in [0.4, 0.5) is 0 Å². The smallest absolute Gasteiger partial charge is 0.233 e. The van der Waals surface area contributed by atoms with Crippen LogP contribution in [0.5, 0.6) is 0 Å². The summed E-state index contributed by atoms with van der Waals surface area (Å²) < 4.78 is 2.94. The third-order valence-electron chi connectivity index (χ3n) is 3.46. The summed E-state index contributed by atoms with van der Waals surface area (Å²) in [6, 6.07) is 0.396. The van der Waals surface area contributed by atoms with Gasteiger partial charge in [0.25, 0.3) is 0 Å². The van der Waals surface area contributed by atoms with Gasteiger partial charge in [-0.25, -0.2) is 9.97 Å². The summed E-state index contributed by atoms with van der Waals surface area (Å²) in [4.78, 5) is 23.2. The zero-order valence-electron chi connectivity index (χ0n) is 12.2. The number of aryl methyl sites for hydroxylation is 2. The van der Waals surface area contributed by atoms with E-state index in [1.54, 1.807) is 17.5 Å². The summed E-state index contributed by atoms with van der Waals surface area (Å²) in [5.74, 6) is 1.57. The van der Waals surface area contributed by atoms with Crippen LogP contribution < -0.4 is 0 Å². The van der Waals surface area contributed by atoms with Crippen LogP contribution in [-0.4, -0.2) is 37.1 Å². The maximum Gasteiger partial charge on any atom is 0.233 e. The van der Waals surface area contributed by atoms with Crippen LogP contribution in [-0.2, 0) is 18.4 Å². The molecule has 1 fully saturated rings. The van der Waals surface area contributed by atoms with E-state index in [2.05, 4.69) is 9.97 Å². The fraction of sp³-hybridized carbons (Fsp3) is 0.500. The number of carbonyl (C=O) groups excluding carboxylic acids is 1. The maximum atomic E-state index is 12.5. The molecule has 112 valence electrons. The van der Waals surface area contributed by atoms with E-state index in [9.17, 15) is 4.79 Å². The molecule has 0 aromatic carbocycles. The zero-order valence-corrected chi connectivity index (χ0v) is 13.8. The predicted molar refractivity (Wildman–Crippen MR) is 84.4 cm³/mol. The van der Waals surface area contributed by atoms with E-state index in [-0.39, 0.29) is 5.91 Å². The van der Waals surface area contributed by atoms with Crippen molar-refractivity contribution >= 4 is 29.0 Å². The Morgan fingerprint density at radius 1 is 1.57 bits per heavy atom. The molecule has 0 N–H and O–H groups in total. The van der Waals surface area contributed by atoms with Gasteiger partial charge in [0.2, 0.25) is 5.91 Å². The molecule has 0 unspecified atom stereocenters. The molecule has 1 saturated carbocycles. The fourth-order valence-electron chi connectivity index (χ4n) is 2.11. The summed E-state index contributed by atoms with van der Waals surface area (Å²) >= 11 is 3.13. The van der Waals surface area contributed by atoms with Crippen LogP contribution >= 0.6 is 23.1 Å². The van der Waals surface area contributed by atoms with Crippen molar-refractivity contribution in [1.82, 2.24) is 19.4 Å². The molecule has 2 aromatic rings. The average Bonchev–Trinajstić information content (AvgIpc) is 3.09. The molecule has 21 heavy (non-hydrogen) atoms. The molecule has 2 aromatic heterocycles. The lowest BCUT2D eigenvalue weighted by atomic mass is 10.4. The number of amides is 1. The first-order valence-corrected chi connectivity index (χ1v) is 8.80. The lowest BCUT2D eigenvalue weighted by molar-refractivity contribution is -0.129. The number of rotatable bonds is 6. The van der Waals surface area contributed by atoms with Crippen molar-refractivity contribution in [1.29, 1.82) is 0 Å². The molecule has 0 aliphatic heterocycles. The monoisotopic (exact) mass is 322 g/mol. The molecule has 7 heteroatoms. The lowest BCUT2D eigenvalue weighted by Crippen LogP contribution is -2.34. The van der Waals surface area contributed by atoms with E-state index in [1.165, 1.54) is 11.8 Å². The summed E-state index contributed by atoms with van der Waals surface area (Å²) in [6.07, 6.45) is 5.91. The number of thioether (sulfide) groups is 1. The number of hydrogen-bond donors (Lipinski definition) is 0. The third-order valence-corrected chi connectivity index (χ3v) is 5.58. The van der Waals surface area contributed by atoms with E-state index in [4.69, 9.17) is 0 Å². The van der Waals surface area contributed by atoms with Crippen LogP contribution in [0.25, 0.3) is 0 Å². The quantitative estimate of drug-likeness (QED) is 0.767. The van der Waals surface area contributed by atoms with E-state index in [1.807, 2.05) is 35.0 Å². The van der Waals surface area contributed by atoms with E-state index in [0.29, 0.717) is 18.3 Å². The van der Waals surface area contributed by atoms with Crippen LogP contribution in [0.3, 0.4) is 0 Å². The number of imidazole rings is 1. The van der Waals surface area contributed by atoms with Crippen molar-refractivity contribution in [2.45, 2.75) is 36.7 Å². The standard InChI is InChI=1S/C14H18N4OS2/c1-10-8-20-14(16-10)21-9-13(19)18(11-3-4-11)7-12-15-5-6-17(12)2/h5-6,8,11H,3-4,7,9H2,1-2H3. The Balaban J connectivity index is 1.61. The molecule has 0 radical (unpaired) electrons. The van der Waals surface area contributed by atoms with Gasteiger partial charge >= 0.3 is 0 Å². The predicted octanol–water partition coefficient (Wildman–Crippen LogP) is 2.47. The SMILES string of the molecule is Cc1csc(SCC(=O)N(Cc2nccn2C)C2CC2)n1. The molecule has 3 rings (SSSR count). The van der Waals surface area contributed by atoms with Gasteiger partial charge in [0.1, 0.15) is 5.82 Å². The first-order chi connectivity index (χ1) is 10.1. The first kappa shape index (κ1) is 14.6. The molecule has 1 aliphatic rings. The second kappa shape index (κ2) is 6.19. The highest BCUT2D eigenvalue weighted by atomic mass is 32.2. The number of aromatic nitrogens is 3. The normalized spacial score (nSPS) is 14.4. The summed E-state index contributed by atoms with van der Waals surface area (Å²) in [7, 11) is 1.96. The van der Waals surface area contributed by atoms with Gasteiger partial charge in [-0.05, 0) is 19.8 Å². The summed E-state index contributed by atoms with van der Waals surface area (Å²) in [5, 5.41) is 2.01. The number of hydrogen-bond acceptors (Lipinski definition) is 5. The highest BCUT2D eigenvalue weighted by Gasteiger charge is 2.33. The van der Waals surface area contributed by atoms with Gasteiger partial charge in [-0.2, -0.15) is 0 Å². The summed E-state index contributed by atoms with van der Waals surface area (Å²) in [6.45, 7) is 2.57. The molecule has 2 heterocycles. The van der Waals surface area contributed by atoms with Crippen LogP contribution in [0.2, 0.25) is 0 Å². The molecule has 0 bridgehead atoms. The Hall–Kier alpha value is -1.34. The average molecular weight is 322 g/mol. The van der Waals surface area contributed by atoms with Gasteiger partial charge in [-0.1, -0.05) is 11.8 Å². The molecule has 1 amide bonds. The Labute approximate surface area is 132 Å². The largest absolute Gasteiger partial charge is 0.337 e. The second-order valence-electron chi connectivity index (χ2n) is 5.25. The van der Waals surface area contributed by atoms with Crippen molar-refractivity contribution in [3.8, 4) is 0 Å². The van der Waals surface area contributed by atoms with E-state index in [0.717, 1.165) is 28.7 Å². The van der Waals surface area contributed by atoms with Gasteiger partial charge in [-0.3, -0.25) is 4.79 Å². The van der Waals surface area contributed by atoms with Crippen molar-refractivity contribution in [2.75, 3.05) is 5.75 Å². The highest BCUT2D eigenvalue weighted by molar-refractivity contribution is 8.01. The van der Waals surface area contributed by atoms with Crippen molar-refractivity contribution < 1.29 is 4.79 Å². The Morgan fingerprint density at radius 2 is 2.38 bits per heavy atom. The van der Waals surface area contributed by atoms with Gasteiger partial charge in [0.05, 0.1) is 12.3 Å². The van der Waals surface area contributed by atoms with E-state index < -0.39 is 0 Å². The molecule has 0 atom stereocenters. The number of thiazole rings is 1. The summed E-state index contributed by atoms with van der Waals surface area (Å²) in [5.41, 5.74) is 1.02. The molecule has 0 spiro atoms. The molecule has 0 saturated heterocycles. The molecular weight excluding hydrogens is 304 g/mol. The van der Waals surface area contributed by atoms with Gasteiger partial charge in [0, 0.05) is 36.6 Å². The Kier molecular flexibility index (Phi) is 4.30. The number of carbonyl (C=O) groups is 1. The molecule has 1 aliphatic carbocycles. The highest BCUT2D eigenvalue weighted by Crippen LogP contribution is 2.30. The first-order valence-electron chi connectivity index (χ1n) is 6.94. The molecular formula is C14H18N4OS2. The van der Waals surface area contributed by atoms with Gasteiger partial charge in [0.15, 0.2) is 4.34 Å².